The third kappa shape index (κ3) is 2.42. The summed E-state index contributed by atoms with van der Waals surface area (Å²) in [5, 5.41) is 0. The van der Waals surface area contributed by atoms with Crippen LogP contribution in [0.2, 0.25) is 0 Å². The molecule has 0 unspecified atom stereocenters. The Morgan fingerprint density at radius 1 is 1.29 bits per heavy atom. The van der Waals surface area contributed by atoms with E-state index in [9.17, 15) is 9.18 Å². The molecule has 0 aliphatic carbocycles. The number of fused-ring (bicyclic) bond motifs is 1. The first-order valence-corrected chi connectivity index (χ1v) is 6.58. The average Bonchev–Trinajstić information content (AvgIpc) is 2.53. The van der Waals surface area contributed by atoms with Gasteiger partial charge in [0.05, 0.1) is 24.9 Å². The molecule has 2 aromatic rings. The summed E-state index contributed by atoms with van der Waals surface area (Å²) < 4.78 is 24.1. The molecule has 5 heteroatoms. The van der Waals surface area contributed by atoms with Crippen LogP contribution in [0.3, 0.4) is 0 Å². The highest BCUT2D eigenvalue weighted by atomic mass is 19.1. The number of halogens is 1. The summed E-state index contributed by atoms with van der Waals surface area (Å²) in [7, 11) is 1.51. The molecule has 1 aliphatic heterocycles. The first-order valence-electron chi connectivity index (χ1n) is 6.58. The van der Waals surface area contributed by atoms with Crippen LogP contribution in [-0.2, 0) is 0 Å². The summed E-state index contributed by atoms with van der Waals surface area (Å²) in [4.78, 5) is 14.2. The second-order valence-corrected chi connectivity index (χ2v) is 4.62. The molecule has 3 rings (SSSR count). The Hall–Kier alpha value is -2.56. The molecule has 0 saturated carbocycles. The third-order valence-electron chi connectivity index (χ3n) is 3.37. The van der Waals surface area contributed by atoms with Crippen LogP contribution in [0.4, 0.5) is 10.1 Å². The lowest BCUT2D eigenvalue weighted by Crippen LogP contribution is -2.38. The van der Waals surface area contributed by atoms with Gasteiger partial charge in [0, 0.05) is 6.07 Å². The number of anilines is 1. The predicted octanol–water partition coefficient (Wildman–Crippen LogP) is 2.87. The van der Waals surface area contributed by atoms with Crippen LogP contribution in [0.5, 0.6) is 11.5 Å². The van der Waals surface area contributed by atoms with Gasteiger partial charge in [0.15, 0.2) is 0 Å². The van der Waals surface area contributed by atoms with E-state index < -0.39 is 5.82 Å². The van der Waals surface area contributed by atoms with Crippen LogP contribution >= 0.6 is 0 Å². The molecule has 1 aliphatic rings. The molecule has 0 aromatic heterocycles. The van der Waals surface area contributed by atoms with Crippen LogP contribution in [0.1, 0.15) is 10.4 Å². The summed E-state index contributed by atoms with van der Waals surface area (Å²) in [6, 6.07) is 11.1. The lowest BCUT2D eigenvalue weighted by molar-refractivity contribution is 0.0973. The van der Waals surface area contributed by atoms with Gasteiger partial charge in [-0.1, -0.05) is 12.1 Å². The Kier molecular flexibility index (Phi) is 3.48. The van der Waals surface area contributed by atoms with Crippen molar-refractivity contribution in [1.82, 2.24) is 0 Å². The van der Waals surface area contributed by atoms with Crippen molar-refractivity contribution < 1.29 is 18.7 Å². The zero-order chi connectivity index (χ0) is 14.8. The number of carbonyl (C=O) groups excluding carboxylic acids is 1. The normalized spacial score (nSPS) is 13.3. The SMILES string of the molecule is COc1ccccc1C(=O)N1CCOc2ccc(F)cc21. The van der Waals surface area contributed by atoms with Gasteiger partial charge in [-0.15, -0.1) is 0 Å². The molecule has 4 nitrogen and oxygen atoms in total. The van der Waals surface area contributed by atoms with E-state index in [0.29, 0.717) is 35.9 Å². The minimum atomic E-state index is -0.405. The zero-order valence-corrected chi connectivity index (χ0v) is 11.5. The average molecular weight is 287 g/mol. The second kappa shape index (κ2) is 5.44. The molecule has 0 saturated heterocycles. The molecule has 0 radical (unpaired) electrons. The van der Waals surface area contributed by atoms with E-state index in [0.717, 1.165) is 0 Å². The molecule has 0 atom stereocenters. The third-order valence-corrected chi connectivity index (χ3v) is 3.37. The van der Waals surface area contributed by atoms with Crippen molar-refractivity contribution in [2.24, 2.45) is 0 Å². The molecule has 1 heterocycles. The number of rotatable bonds is 2. The standard InChI is InChI=1S/C16H14FNO3/c1-20-14-5-3-2-4-12(14)16(19)18-8-9-21-15-7-6-11(17)10-13(15)18/h2-7,10H,8-9H2,1H3. The van der Waals surface area contributed by atoms with Gasteiger partial charge in [-0.25, -0.2) is 4.39 Å². The Balaban J connectivity index is 2.02. The van der Waals surface area contributed by atoms with Crippen LogP contribution < -0.4 is 14.4 Å². The molecule has 0 bridgehead atoms. The largest absolute Gasteiger partial charge is 0.496 e. The van der Waals surface area contributed by atoms with Crippen LogP contribution in [0.25, 0.3) is 0 Å². The van der Waals surface area contributed by atoms with Crippen molar-refractivity contribution in [3.8, 4) is 11.5 Å². The van der Waals surface area contributed by atoms with Crippen LogP contribution in [0, 0.1) is 5.82 Å². The van der Waals surface area contributed by atoms with Crippen molar-refractivity contribution in [2.75, 3.05) is 25.2 Å². The fourth-order valence-corrected chi connectivity index (χ4v) is 2.37. The number of ether oxygens (including phenoxy) is 2. The number of amides is 1. The van der Waals surface area contributed by atoms with E-state index in [1.54, 1.807) is 24.3 Å². The zero-order valence-electron chi connectivity index (χ0n) is 11.5. The van der Waals surface area contributed by atoms with E-state index in [1.165, 1.54) is 30.2 Å². The maximum Gasteiger partial charge on any atom is 0.262 e. The first-order chi connectivity index (χ1) is 10.2. The first kappa shape index (κ1) is 13.4. The van der Waals surface area contributed by atoms with Crippen molar-refractivity contribution in [3.05, 3.63) is 53.8 Å². The van der Waals surface area contributed by atoms with E-state index in [4.69, 9.17) is 9.47 Å². The lowest BCUT2D eigenvalue weighted by atomic mass is 10.1. The molecule has 21 heavy (non-hydrogen) atoms. The van der Waals surface area contributed by atoms with E-state index in [1.807, 2.05) is 0 Å². The highest BCUT2D eigenvalue weighted by molar-refractivity contribution is 6.08. The van der Waals surface area contributed by atoms with Gasteiger partial charge in [0.1, 0.15) is 23.9 Å². The number of benzene rings is 2. The topological polar surface area (TPSA) is 38.8 Å². The van der Waals surface area contributed by atoms with Crippen LogP contribution in [-0.4, -0.2) is 26.2 Å². The van der Waals surface area contributed by atoms with Gasteiger partial charge in [-0.2, -0.15) is 0 Å². The van der Waals surface area contributed by atoms with Gasteiger partial charge in [0.25, 0.3) is 5.91 Å². The Morgan fingerprint density at radius 3 is 2.90 bits per heavy atom. The second-order valence-electron chi connectivity index (χ2n) is 4.62. The van der Waals surface area contributed by atoms with Crippen molar-refractivity contribution >= 4 is 11.6 Å². The van der Waals surface area contributed by atoms with E-state index in [2.05, 4.69) is 0 Å². The summed E-state index contributed by atoms with van der Waals surface area (Å²) in [5.41, 5.74) is 0.884. The van der Waals surface area contributed by atoms with Crippen molar-refractivity contribution in [3.63, 3.8) is 0 Å². The number of nitrogens with zero attached hydrogens (tertiary/aromatic N) is 1. The summed E-state index contributed by atoms with van der Waals surface area (Å²) in [6.45, 7) is 0.743. The monoisotopic (exact) mass is 287 g/mol. The number of carbonyl (C=O) groups is 1. The molecule has 1 amide bonds. The minimum Gasteiger partial charge on any atom is -0.496 e. The molecule has 2 aromatic carbocycles. The van der Waals surface area contributed by atoms with Gasteiger partial charge in [-0.3, -0.25) is 4.79 Å². The summed E-state index contributed by atoms with van der Waals surface area (Å²) in [6.07, 6.45) is 0. The molecular weight excluding hydrogens is 273 g/mol. The molecule has 108 valence electrons. The van der Waals surface area contributed by atoms with Crippen molar-refractivity contribution in [1.29, 1.82) is 0 Å². The van der Waals surface area contributed by atoms with Crippen LogP contribution in [0.15, 0.2) is 42.5 Å². The molecular formula is C16H14FNO3. The number of hydrogen-bond donors (Lipinski definition) is 0. The molecule has 0 spiro atoms. The van der Waals surface area contributed by atoms with Gasteiger partial charge in [0.2, 0.25) is 0 Å². The van der Waals surface area contributed by atoms with Gasteiger partial charge >= 0.3 is 0 Å². The quantitative estimate of drug-likeness (QED) is 0.852. The lowest BCUT2D eigenvalue weighted by Gasteiger charge is -2.29. The number of methoxy groups -OCH3 is 1. The fourth-order valence-electron chi connectivity index (χ4n) is 2.37. The Morgan fingerprint density at radius 2 is 2.10 bits per heavy atom. The van der Waals surface area contributed by atoms with Gasteiger partial charge in [-0.05, 0) is 24.3 Å². The molecule has 0 fully saturated rings. The maximum absolute atomic E-state index is 13.5. The van der Waals surface area contributed by atoms with Gasteiger partial charge < -0.3 is 14.4 Å². The number of hydrogen-bond acceptors (Lipinski definition) is 3. The number of para-hydroxylation sites is 1. The Bertz CT molecular complexity index is 687. The Labute approximate surface area is 121 Å². The fraction of sp³-hybridized carbons (Fsp3) is 0.188. The summed E-state index contributed by atoms with van der Waals surface area (Å²) in [5.74, 6) is 0.359. The van der Waals surface area contributed by atoms with E-state index >= 15 is 0 Å². The predicted molar refractivity (Wildman–Crippen MR) is 76.6 cm³/mol. The maximum atomic E-state index is 13.5. The molecule has 0 N–H and O–H groups in total. The summed E-state index contributed by atoms with van der Waals surface area (Å²) >= 11 is 0. The minimum absolute atomic E-state index is 0.234. The van der Waals surface area contributed by atoms with E-state index in [-0.39, 0.29) is 5.91 Å². The van der Waals surface area contributed by atoms with Crippen molar-refractivity contribution in [2.45, 2.75) is 0 Å². The highest BCUT2D eigenvalue weighted by Gasteiger charge is 2.26. The smallest absolute Gasteiger partial charge is 0.262 e. The highest BCUT2D eigenvalue weighted by Crippen LogP contribution is 2.34.